The van der Waals surface area contributed by atoms with Gasteiger partial charge < -0.3 is 20.1 Å². The van der Waals surface area contributed by atoms with Crippen LogP contribution in [0.3, 0.4) is 0 Å². The molecule has 1 aromatic rings. The number of nitro benzene ring substituents is 2. The van der Waals surface area contributed by atoms with E-state index in [9.17, 15) is 35.4 Å². The van der Waals surface area contributed by atoms with Gasteiger partial charge in [-0.2, -0.15) is 5.01 Å². The molecule has 0 radical (unpaired) electrons. The highest BCUT2D eigenvalue weighted by molar-refractivity contribution is 5.67. The molecular formula is C15H21N9O10. The number of piperazine rings is 1. The number of nitrogens with zero attached hydrogens (tertiary/aromatic N) is 9. The molecule has 34 heavy (non-hydrogen) atoms. The molecular weight excluding hydrogens is 466 g/mol. The van der Waals surface area contributed by atoms with Gasteiger partial charge in [0.05, 0.1) is 53.6 Å². The maximum Gasteiger partial charge on any atom is 0.409 e. The molecule has 1 aromatic carbocycles. The topological polar surface area (TPSA) is 218 Å². The number of ether oxygens (including phenoxy) is 1. The molecule has 0 atom stereocenters. The lowest BCUT2D eigenvalue weighted by Gasteiger charge is -2.30. The van der Waals surface area contributed by atoms with E-state index in [1.807, 2.05) is 0 Å². The highest BCUT2D eigenvalue weighted by atomic mass is 16.7. The fraction of sp³-hybridized carbons (Fsp3) is 0.533. The quantitative estimate of drug-likeness (QED) is 0.207. The molecule has 0 aliphatic carbocycles. The Morgan fingerprint density at radius 1 is 0.971 bits per heavy atom. The molecule has 0 N–H and O–H groups in total. The number of hydrazine groups is 2. The van der Waals surface area contributed by atoms with E-state index in [0.717, 1.165) is 10.0 Å². The largest absolute Gasteiger partial charge is 0.569 e. The third kappa shape index (κ3) is 6.40. The standard InChI is InChI=1S/C15H21N9O10/c1-4-32-15(25)19-5-7-20(8-6-19)24(31)17-34-14-10-13(33-16-23(30)18(2)3)11(21(26)27)9-12(14)22(28)29/h9-10H,4-8H2,1-3H3/b23-16-,24-17-. The Hall–Kier alpha value is -4.71. The Bertz CT molecular complexity index is 991. The van der Waals surface area contributed by atoms with Crippen LogP contribution in [0, 0.1) is 30.6 Å². The van der Waals surface area contributed by atoms with Crippen LogP contribution in [-0.2, 0) is 4.74 Å². The van der Waals surface area contributed by atoms with Gasteiger partial charge >= 0.3 is 17.5 Å². The Kier molecular flexibility index (Phi) is 8.45. The van der Waals surface area contributed by atoms with Crippen molar-refractivity contribution >= 4 is 17.5 Å². The van der Waals surface area contributed by atoms with Crippen LogP contribution >= 0.6 is 0 Å². The summed E-state index contributed by atoms with van der Waals surface area (Å²) in [6.07, 6.45) is -0.529. The number of hydrogen-bond acceptors (Lipinski definition) is 12. The van der Waals surface area contributed by atoms with Crippen LogP contribution in [0.15, 0.2) is 22.7 Å². The average molecular weight is 487 g/mol. The normalized spacial score (nSPS) is 14.4. The lowest BCUT2D eigenvalue weighted by molar-refractivity contribution is -0.708. The molecule has 19 nitrogen and oxygen atoms in total. The van der Waals surface area contributed by atoms with Crippen molar-refractivity contribution in [3.05, 3.63) is 42.8 Å². The average Bonchev–Trinajstić information content (AvgIpc) is 2.80. The monoisotopic (exact) mass is 487 g/mol. The van der Waals surface area contributed by atoms with E-state index in [1.54, 1.807) is 6.92 Å². The molecule has 1 aliphatic rings. The summed E-state index contributed by atoms with van der Waals surface area (Å²) in [4.78, 5) is 43.3. The first-order chi connectivity index (χ1) is 16.0. The van der Waals surface area contributed by atoms with Crippen LogP contribution in [0.25, 0.3) is 0 Å². The summed E-state index contributed by atoms with van der Waals surface area (Å²) in [7, 11) is 2.62. The number of benzene rings is 1. The van der Waals surface area contributed by atoms with Gasteiger partial charge in [0.2, 0.25) is 22.1 Å². The number of carbonyl (C=O) groups is 1. The maximum absolute atomic E-state index is 12.2. The van der Waals surface area contributed by atoms with E-state index in [2.05, 4.69) is 10.6 Å². The first kappa shape index (κ1) is 25.5. The summed E-state index contributed by atoms with van der Waals surface area (Å²) < 4.78 is 4.88. The van der Waals surface area contributed by atoms with Crippen LogP contribution in [0.5, 0.6) is 11.5 Å². The zero-order valence-electron chi connectivity index (χ0n) is 18.3. The highest BCUT2D eigenvalue weighted by Gasteiger charge is 2.30. The fourth-order valence-electron chi connectivity index (χ4n) is 2.52. The Morgan fingerprint density at radius 3 is 1.97 bits per heavy atom. The van der Waals surface area contributed by atoms with Crippen LogP contribution < -0.4 is 9.68 Å². The van der Waals surface area contributed by atoms with E-state index in [1.165, 1.54) is 19.0 Å². The van der Waals surface area contributed by atoms with E-state index >= 15 is 0 Å². The Balaban J connectivity index is 2.24. The summed E-state index contributed by atoms with van der Waals surface area (Å²) in [5.74, 6) is -1.36. The van der Waals surface area contributed by atoms with E-state index in [4.69, 9.17) is 14.4 Å². The summed E-state index contributed by atoms with van der Waals surface area (Å²) >= 11 is 0. The van der Waals surface area contributed by atoms with Gasteiger partial charge in [-0.1, -0.05) is 0 Å². The van der Waals surface area contributed by atoms with Gasteiger partial charge in [-0.15, -0.1) is 5.01 Å². The van der Waals surface area contributed by atoms with Crippen molar-refractivity contribution in [2.45, 2.75) is 6.92 Å². The van der Waals surface area contributed by atoms with E-state index in [-0.39, 0.29) is 42.7 Å². The minimum Gasteiger partial charge on any atom is -0.569 e. The van der Waals surface area contributed by atoms with Crippen LogP contribution in [-0.4, -0.2) is 87.7 Å². The van der Waals surface area contributed by atoms with Crippen molar-refractivity contribution in [2.24, 2.45) is 10.6 Å². The highest BCUT2D eigenvalue weighted by Crippen LogP contribution is 2.39. The summed E-state index contributed by atoms with van der Waals surface area (Å²) in [5.41, 5.74) is -1.78. The molecule has 1 aliphatic heterocycles. The van der Waals surface area contributed by atoms with Gasteiger partial charge in [-0.25, -0.2) is 4.79 Å². The molecule has 0 aromatic heterocycles. The molecule has 186 valence electrons. The third-order valence-electron chi connectivity index (χ3n) is 4.22. The minimum absolute atomic E-state index is 0.0178. The fourth-order valence-corrected chi connectivity index (χ4v) is 2.52. The third-order valence-corrected chi connectivity index (χ3v) is 4.22. The number of amides is 1. The Labute approximate surface area is 190 Å². The van der Waals surface area contributed by atoms with Crippen molar-refractivity contribution in [2.75, 3.05) is 46.9 Å². The molecule has 0 spiro atoms. The number of rotatable bonds is 9. The van der Waals surface area contributed by atoms with Gasteiger partial charge in [0, 0.05) is 19.2 Å². The molecule has 1 fully saturated rings. The lowest BCUT2D eigenvalue weighted by Crippen LogP contribution is -2.50. The Morgan fingerprint density at radius 2 is 1.50 bits per heavy atom. The molecule has 0 saturated carbocycles. The maximum atomic E-state index is 12.2. The predicted molar refractivity (Wildman–Crippen MR) is 107 cm³/mol. The van der Waals surface area contributed by atoms with Gasteiger partial charge in [-0.05, 0) is 6.92 Å². The lowest BCUT2D eigenvalue weighted by atomic mass is 10.2. The zero-order valence-corrected chi connectivity index (χ0v) is 18.3. The van der Waals surface area contributed by atoms with Gasteiger partial charge in [0.15, 0.2) is 0 Å². The predicted octanol–water partition coefficient (Wildman–Crippen LogP) is 1.18. The molecule has 2 rings (SSSR count). The molecule has 1 saturated heterocycles. The number of carbonyl (C=O) groups excluding carboxylic acids is 1. The van der Waals surface area contributed by atoms with Gasteiger partial charge in [-0.3, -0.25) is 29.9 Å². The van der Waals surface area contributed by atoms with E-state index < -0.39 is 38.8 Å². The van der Waals surface area contributed by atoms with Crippen molar-refractivity contribution in [1.82, 2.24) is 14.9 Å². The zero-order chi connectivity index (χ0) is 25.4. The molecule has 19 heteroatoms. The van der Waals surface area contributed by atoms with Crippen LogP contribution in [0.4, 0.5) is 16.2 Å². The van der Waals surface area contributed by atoms with Gasteiger partial charge in [0.1, 0.15) is 6.07 Å². The first-order valence-electron chi connectivity index (χ1n) is 9.56. The van der Waals surface area contributed by atoms with Crippen molar-refractivity contribution in [1.29, 1.82) is 0 Å². The smallest absolute Gasteiger partial charge is 0.409 e. The minimum atomic E-state index is -0.994. The number of nitro groups is 2. The SMILES string of the molecule is CCOC(=O)N1CCN(/[N+]([O-])=N/Oc2cc(O/N=[N+](\[O-])N(C)C)c([N+](=O)[O-])cc2[N+](=O)[O-])CC1. The van der Waals surface area contributed by atoms with Crippen LogP contribution in [0.1, 0.15) is 6.92 Å². The van der Waals surface area contributed by atoms with Crippen molar-refractivity contribution in [3.63, 3.8) is 0 Å². The molecule has 0 unspecified atom stereocenters. The molecule has 0 bridgehead atoms. The molecule has 1 amide bonds. The first-order valence-corrected chi connectivity index (χ1v) is 9.56. The molecule has 1 heterocycles. The van der Waals surface area contributed by atoms with Crippen LogP contribution in [0.2, 0.25) is 0 Å². The second-order valence-corrected chi connectivity index (χ2v) is 6.64. The summed E-state index contributed by atoms with van der Waals surface area (Å²) in [5, 5.41) is 54.7. The van der Waals surface area contributed by atoms with E-state index in [0.29, 0.717) is 12.1 Å². The summed E-state index contributed by atoms with van der Waals surface area (Å²) in [6.45, 7) is 2.29. The van der Waals surface area contributed by atoms with Crippen molar-refractivity contribution in [3.8, 4) is 11.5 Å². The number of hydrogen-bond donors (Lipinski definition) is 0. The van der Waals surface area contributed by atoms with Crippen molar-refractivity contribution < 1.29 is 39.0 Å². The summed E-state index contributed by atoms with van der Waals surface area (Å²) in [6, 6.07) is 1.20. The second-order valence-electron chi connectivity index (χ2n) is 6.64. The van der Waals surface area contributed by atoms with Gasteiger partial charge in [0.25, 0.3) is 0 Å². The second kappa shape index (κ2) is 11.2.